The number of hydrogen-bond acceptors (Lipinski definition) is 8. The number of aryl methyl sites for hydroxylation is 2. The Morgan fingerprint density at radius 3 is 1.94 bits per heavy atom. The lowest BCUT2D eigenvalue weighted by molar-refractivity contribution is 0.198. The summed E-state index contributed by atoms with van der Waals surface area (Å²) in [5.74, 6) is 0. The molecule has 2 heterocycles. The zero-order chi connectivity index (χ0) is 34.5. The molecule has 48 heavy (non-hydrogen) atoms. The van der Waals surface area contributed by atoms with Crippen molar-refractivity contribution in [2.75, 3.05) is 24.1 Å². The third kappa shape index (κ3) is 8.70. The molecule has 2 aliphatic rings. The number of carbonyl (C=O) groups is 2. The minimum atomic E-state index is -4.06. The van der Waals surface area contributed by atoms with Crippen LogP contribution in [0.3, 0.4) is 0 Å². The molecular formula is C34H38N6O6S2. The molecule has 4 amide bonds. The summed E-state index contributed by atoms with van der Waals surface area (Å²) in [6.07, 6.45) is 1.62. The van der Waals surface area contributed by atoms with Crippen molar-refractivity contribution in [3.8, 4) is 0 Å². The monoisotopic (exact) mass is 690 g/mol. The van der Waals surface area contributed by atoms with Gasteiger partial charge in [0.2, 0.25) is 0 Å². The third-order valence-corrected chi connectivity index (χ3v) is 10.7. The second-order valence-corrected chi connectivity index (χ2v) is 15.1. The molecule has 0 bridgehead atoms. The molecule has 2 aliphatic heterocycles. The van der Waals surface area contributed by atoms with Gasteiger partial charge in [-0.25, -0.2) is 35.9 Å². The van der Waals surface area contributed by atoms with Crippen LogP contribution < -0.4 is 25.8 Å². The van der Waals surface area contributed by atoms with Crippen LogP contribution in [0.25, 0.3) is 0 Å². The summed E-state index contributed by atoms with van der Waals surface area (Å²) in [6, 6.07) is 21.7. The molecule has 0 radical (unpaired) electrons. The minimum Gasteiger partial charge on any atom is -0.399 e. The highest BCUT2D eigenvalue weighted by Crippen LogP contribution is 2.24. The Balaban J connectivity index is 0.000000343. The maximum absolute atomic E-state index is 12.7. The van der Waals surface area contributed by atoms with E-state index in [9.17, 15) is 26.4 Å². The Kier molecular flexibility index (Phi) is 10.4. The van der Waals surface area contributed by atoms with Crippen molar-refractivity contribution < 1.29 is 26.4 Å². The van der Waals surface area contributed by atoms with E-state index in [2.05, 4.69) is 27.5 Å². The van der Waals surface area contributed by atoms with E-state index < -0.39 is 32.1 Å². The van der Waals surface area contributed by atoms with Crippen molar-refractivity contribution in [3.63, 3.8) is 0 Å². The van der Waals surface area contributed by atoms with E-state index in [4.69, 9.17) is 5.73 Å². The lowest BCUT2D eigenvalue weighted by atomic mass is 9.99. The summed E-state index contributed by atoms with van der Waals surface area (Å²) >= 11 is 0. The molecule has 6 rings (SSSR count). The Morgan fingerprint density at radius 1 is 0.708 bits per heavy atom. The highest BCUT2D eigenvalue weighted by atomic mass is 32.2. The second kappa shape index (κ2) is 14.5. The molecule has 0 atom stereocenters. The van der Waals surface area contributed by atoms with E-state index in [1.165, 1.54) is 40.3 Å². The predicted octanol–water partition coefficient (Wildman–Crippen LogP) is 4.18. The number of carbonyl (C=O) groups excluding carboxylic acids is 2. The number of nitrogens with two attached hydrogens (primary N) is 1. The van der Waals surface area contributed by atoms with Crippen LogP contribution in [0, 0.1) is 13.8 Å². The normalized spacial score (nSPS) is 14.0. The van der Waals surface area contributed by atoms with Gasteiger partial charge in [0, 0.05) is 31.0 Å². The molecular weight excluding hydrogens is 653 g/mol. The number of sulfonamides is 2. The first-order valence-corrected chi connectivity index (χ1v) is 18.2. The van der Waals surface area contributed by atoms with Gasteiger partial charge in [-0.1, -0.05) is 47.5 Å². The highest BCUT2D eigenvalue weighted by Gasteiger charge is 2.26. The molecule has 0 aromatic heterocycles. The van der Waals surface area contributed by atoms with Gasteiger partial charge in [0.15, 0.2) is 0 Å². The number of nitrogens with zero attached hydrogens (tertiary/aromatic N) is 1. The van der Waals surface area contributed by atoms with Crippen molar-refractivity contribution in [2.24, 2.45) is 0 Å². The van der Waals surface area contributed by atoms with Crippen molar-refractivity contribution in [3.05, 3.63) is 118 Å². The van der Waals surface area contributed by atoms with Gasteiger partial charge >= 0.3 is 12.1 Å². The van der Waals surface area contributed by atoms with E-state index in [-0.39, 0.29) is 16.3 Å². The maximum atomic E-state index is 12.7. The second-order valence-electron chi connectivity index (χ2n) is 11.7. The van der Waals surface area contributed by atoms with E-state index in [1.54, 1.807) is 42.5 Å². The Labute approximate surface area is 280 Å². The summed E-state index contributed by atoms with van der Waals surface area (Å²) in [6.45, 7) is 6.14. The Morgan fingerprint density at radius 2 is 1.29 bits per heavy atom. The maximum Gasteiger partial charge on any atom is 0.333 e. The Bertz CT molecular complexity index is 2030. The fourth-order valence-corrected chi connectivity index (χ4v) is 7.20. The first kappa shape index (κ1) is 34.4. The summed E-state index contributed by atoms with van der Waals surface area (Å²) in [4.78, 5) is 26.4. The molecule has 4 aromatic rings. The van der Waals surface area contributed by atoms with Gasteiger partial charge in [-0.15, -0.1) is 0 Å². The van der Waals surface area contributed by atoms with Crippen LogP contribution in [-0.2, 0) is 46.0 Å². The number of anilines is 2. The van der Waals surface area contributed by atoms with Crippen molar-refractivity contribution >= 4 is 43.5 Å². The molecule has 0 saturated heterocycles. The van der Waals surface area contributed by atoms with E-state index >= 15 is 0 Å². The standard InChI is InChI=1S/C25H26N4O6S2.C9H12N2/c1-17-3-9-22(10-4-17)36(32,33)27-24(30)26-21-8-7-19-13-14-29(16-20(19)15-21)25(31)28-37(34,35)23-11-5-18(2)6-12-23;10-9-2-1-7-3-4-11-6-8(7)5-9/h3-12,15H,13-14,16H2,1-2H3,(H,28,31)(H2,26,27,30);1-2,5,11H,3-4,6,10H2. The number of nitrogens with one attached hydrogen (secondary N) is 4. The van der Waals surface area contributed by atoms with Crippen molar-refractivity contribution in [1.29, 1.82) is 0 Å². The summed E-state index contributed by atoms with van der Waals surface area (Å²) < 4.78 is 54.2. The lowest BCUT2D eigenvalue weighted by Gasteiger charge is -2.29. The molecule has 0 spiro atoms. The molecule has 252 valence electrons. The van der Waals surface area contributed by atoms with Gasteiger partial charge in [0.25, 0.3) is 20.0 Å². The van der Waals surface area contributed by atoms with Crippen LogP contribution in [0.5, 0.6) is 0 Å². The molecule has 0 fully saturated rings. The van der Waals surface area contributed by atoms with Crippen molar-refractivity contribution in [2.45, 2.75) is 49.6 Å². The number of amides is 4. The van der Waals surface area contributed by atoms with Crippen LogP contribution in [0.2, 0.25) is 0 Å². The molecule has 4 aromatic carbocycles. The fraction of sp³-hybridized carbons (Fsp3) is 0.235. The van der Waals surface area contributed by atoms with Gasteiger partial charge in [-0.3, -0.25) is 0 Å². The largest absolute Gasteiger partial charge is 0.399 e. The zero-order valence-electron chi connectivity index (χ0n) is 26.6. The number of rotatable bonds is 5. The number of nitrogen functional groups attached to an aromatic ring is 1. The van der Waals surface area contributed by atoms with Crippen molar-refractivity contribution in [1.82, 2.24) is 19.7 Å². The average molecular weight is 691 g/mol. The lowest BCUT2D eigenvalue weighted by Crippen LogP contribution is -2.45. The summed E-state index contributed by atoms with van der Waals surface area (Å²) in [5, 5.41) is 5.81. The fourth-order valence-electron chi connectivity index (χ4n) is 5.32. The number of fused-ring (bicyclic) bond motifs is 2. The predicted molar refractivity (Wildman–Crippen MR) is 184 cm³/mol. The SMILES string of the molecule is Cc1ccc(S(=O)(=O)NC(=O)Nc2ccc3c(c2)CN(C(=O)NS(=O)(=O)c2ccc(C)cc2)CC3)cc1.Nc1ccc2c(c1)CNCC2. The minimum absolute atomic E-state index is 0.0121. The van der Waals surface area contributed by atoms with Gasteiger partial charge in [-0.05, 0) is 104 Å². The Hall–Kier alpha value is -4.92. The topological polar surface area (TPSA) is 180 Å². The van der Waals surface area contributed by atoms with Gasteiger partial charge < -0.3 is 21.3 Å². The van der Waals surface area contributed by atoms with Crippen LogP contribution >= 0.6 is 0 Å². The molecule has 0 aliphatic carbocycles. The van der Waals surface area contributed by atoms with Gasteiger partial charge in [0.05, 0.1) is 9.79 Å². The molecule has 14 heteroatoms. The van der Waals surface area contributed by atoms with Crippen LogP contribution in [-0.4, -0.2) is 46.9 Å². The highest BCUT2D eigenvalue weighted by molar-refractivity contribution is 7.90. The summed E-state index contributed by atoms with van der Waals surface area (Å²) in [5.41, 5.74) is 13.1. The van der Waals surface area contributed by atoms with Crippen LogP contribution in [0.4, 0.5) is 21.0 Å². The number of benzene rings is 4. The number of urea groups is 2. The summed E-state index contributed by atoms with van der Waals surface area (Å²) in [7, 11) is -8.09. The quantitative estimate of drug-likeness (QED) is 0.194. The smallest absolute Gasteiger partial charge is 0.333 e. The van der Waals surface area contributed by atoms with E-state index in [0.717, 1.165) is 41.9 Å². The average Bonchev–Trinajstić information content (AvgIpc) is 3.04. The van der Waals surface area contributed by atoms with Gasteiger partial charge in [-0.2, -0.15) is 0 Å². The first-order chi connectivity index (χ1) is 22.8. The molecule has 0 saturated carbocycles. The molecule has 0 unspecified atom stereocenters. The van der Waals surface area contributed by atoms with Crippen LogP contribution in [0.1, 0.15) is 33.4 Å². The molecule has 12 nitrogen and oxygen atoms in total. The third-order valence-electron chi connectivity index (χ3n) is 7.99. The first-order valence-electron chi connectivity index (χ1n) is 15.3. The van der Waals surface area contributed by atoms with E-state index in [1.807, 2.05) is 24.6 Å². The van der Waals surface area contributed by atoms with Crippen LogP contribution in [0.15, 0.2) is 94.7 Å². The van der Waals surface area contributed by atoms with Gasteiger partial charge in [0.1, 0.15) is 0 Å². The molecule has 6 N–H and O–H groups in total. The van der Waals surface area contributed by atoms with E-state index in [0.29, 0.717) is 24.2 Å². The number of hydrogen-bond donors (Lipinski definition) is 5. The zero-order valence-corrected chi connectivity index (χ0v) is 28.2.